The zero-order valence-electron chi connectivity index (χ0n) is 10.5. The number of piperazine rings is 1. The van der Waals surface area contributed by atoms with Gasteiger partial charge in [-0.3, -0.25) is 9.80 Å². The zero-order chi connectivity index (χ0) is 12.3. The molecule has 2 atom stereocenters. The van der Waals surface area contributed by atoms with Crippen LogP contribution in [0.25, 0.3) is 0 Å². The predicted octanol–water partition coefficient (Wildman–Crippen LogP) is 0.674. The van der Waals surface area contributed by atoms with Crippen LogP contribution in [-0.4, -0.2) is 65.9 Å². The summed E-state index contributed by atoms with van der Waals surface area (Å²) in [4.78, 5) is 15.9. The molecule has 0 aliphatic carbocycles. The maximum atomic E-state index is 11.8. The number of amides is 1. The minimum Gasteiger partial charge on any atom is -0.449 e. The molecular weight excluding hydrogens is 220 g/mol. The Morgan fingerprint density at radius 1 is 1.41 bits per heavy atom. The van der Waals surface area contributed by atoms with E-state index in [-0.39, 0.29) is 12.7 Å². The summed E-state index contributed by atoms with van der Waals surface area (Å²) in [6, 6.07) is 0.601. The molecule has 3 aliphatic heterocycles. The molecule has 5 nitrogen and oxygen atoms in total. The highest BCUT2D eigenvalue weighted by Gasteiger charge is 2.47. The van der Waals surface area contributed by atoms with Gasteiger partial charge in [-0.2, -0.15) is 0 Å². The first kappa shape index (κ1) is 12.6. The van der Waals surface area contributed by atoms with Gasteiger partial charge in [0.05, 0.1) is 25.3 Å². The van der Waals surface area contributed by atoms with Crippen molar-refractivity contribution in [1.82, 2.24) is 9.80 Å². The minimum atomic E-state index is -0.150. The van der Waals surface area contributed by atoms with Crippen LogP contribution in [0.4, 0.5) is 4.79 Å². The molecule has 0 aromatic carbocycles. The van der Waals surface area contributed by atoms with Crippen LogP contribution in [-0.2, 0) is 4.74 Å². The Morgan fingerprint density at radius 3 is 2.71 bits per heavy atom. The lowest BCUT2D eigenvalue weighted by atomic mass is 9.88. The third kappa shape index (κ3) is 2.72. The Labute approximate surface area is 102 Å². The first-order valence-electron chi connectivity index (χ1n) is 6.54. The normalized spacial score (nSPS) is 27.8. The highest BCUT2D eigenvalue weighted by molar-refractivity contribution is 5.70. The third-order valence-corrected chi connectivity index (χ3v) is 3.62. The standard InChI is InChI=1S/C12H22N2O3/c1-2-3-6-17-12(16)14-10-7-11(14)9-13(8-10)4-5-15/h10-11,15H,2-9H2,1H3. The molecule has 1 amide bonds. The highest BCUT2D eigenvalue weighted by atomic mass is 16.6. The summed E-state index contributed by atoms with van der Waals surface area (Å²) >= 11 is 0. The number of piperidine rings is 1. The van der Waals surface area contributed by atoms with Gasteiger partial charge in [-0.05, 0) is 12.8 Å². The number of hydrogen-bond donors (Lipinski definition) is 1. The van der Waals surface area contributed by atoms with Crippen molar-refractivity contribution in [3.05, 3.63) is 0 Å². The van der Waals surface area contributed by atoms with E-state index in [9.17, 15) is 4.79 Å². The van der Waals surface area contributed by atoms with Crippen molar-refractivity contribution in [2.45, 2.75) is 38.3 Å². The van der Waals surface area contributed by atoms with Gasteiger partial charge < -0.3 is 9.84 Å². The van der Waals surface area contributed by atoms with E-state index >= 15 is 0 Å². The molecule has 0 saturated carbocycles. The predicted molar refractivity (Wildman–Crippen MR) is 63.8 cm³/mol. The molecule has 0 aromatic heterocycles. The Morgan fingerprint density at radius 2 is 2.12 bits per heavy atom. The first-order chi connectivity index (χ1) is 8.26. The van der Waals surface area contributed by atoms with E-state index in [1.807, 2.05) is 4.90 Å². The number of hydrogen-bond acceptors (Lipinski definition) is 4. The van der Waals surface area contributed by atoms with Crippen LogP contribution in [0.2, 0.25) is 0 Å². The summed E-state index contributed by atoms with van der Waals surface area (Å²) in [5.74, 6) is 0. The lowest BCUT2D eigenvalue weighted by Crippen LogP contribution is -2.70. The number of fused-ring (bicyclic) bond motifs is 2. The molecule has 2 bridgehead atoms. The monoisotopic (exact) mass is 242 g/mol. The van der Waals surface area contributed by atoms with Crippen molar-refractivity contribution in [3.8, 4) is 0 Å². The number of ether oxygens (including phenoxy) is 1. The van der Waals surface area contributed by atoms with Gasteiger partial charge in [0.25, 0.3) is 0 Å². The molecule has 2 unspecified atom stereocenters. The second-order valence-electron chi connectivity index (χ2n) is 4.90. The summed E-state index contributed by atoms with van der Waals surface area (Å²) in [5, 5.41) is 8.89. The Bertz CT molecular complexity index is 260. The van der Waals surface area contributed by atoms with E-state index in [4.69, 9.17) is 9.84 Å². The summed E-state index contributed by atoms with van der Waals surface area (Å²) < 4.78 is 5.24. The van der Waals surface area contributed by atoms with Gasteiger partial charge in [-0.1, -0.05) is 13.3 Å². The molecular formula is C12H22N2O3. The van der Waals surface area contributed by atoms with Crippen LogP contribution >= 0.6 is 0 Å². The van der Waals surface area contributed by atoms with Gasteiger partial charge in [-0.25, -0.2) is 4.79 Å². The number of unbranched alkanes of at least 4 members (excludes halogenated alkanes) is 1. The quantitative estimate of drug-likeness (QED) is 0.720. The van der Waals surface area contributed by atoms with E-state index in [0.29, 0.717) is 25.2 Å². The van der Waals surface area contributed by atoms with Crippen molar-refractivity contribution < 1.29 is 14.6 Å². The Kier molecular flexibility index (Phi) is 4.23. The molecule has 0 spiro atoms. The van der Waals surface area contributed by atoms with Crippen LogP contribution in [0.1, 0.15) is 26.2 Å². The van der Waals surface area contributed by atoms with Crippen molar-refractivity contribution >= 4 is 6.09 Å². The van der Waals surface area contributed by atoms with Gasteiger partial charge in [0.1, 0.15) is 0 Å². The summed E-state index contributed by atoms with van der Waals surface area (Å²) in [6.45, 7) is 5.27. The van der Waals surface area contributed by atoms with Crippen LogP contribution in [0.15, 0.2) is 0 Å². The fourth-order valence-corrected chi connectivity index (χ4v) is 2.70. The molecule has 0 radical (unpaired) electrons. The maximum absolute atomic E-state index is 11.8. The van der Waals surface area contributed by atoms with Crippen molar-refractivity contribution in [3.63, 3.8) is 0 Å². The minimum absolute atomic E-state index is 0.150. The van der Waals surface area contributed by atoms with Crippen LogP contribution < -0.4 is 0 Å². The van der Waals surface area contributed by atoms with Gasteiger partial charge in [0, 0.05) is 19.6 Å². The van der Waals surface area contributed by atoms with Crippen LogP contribution in [0.5, 0.6) is 0 Å². The van der Waals surface area contributed by atoms with E-state index in [1.54, 1.807) is 0 Å². The fraction of sp³-hybridized carbons (Fsp3) is 0.917. The molecule has 3 aliphatic rings. The summed E-state index contributed by atoms with van der Waals surface area (Å²) in [6.07, 6.45) is 2.92. The zero-order valence-corrected chi connectivity index (χ0v) is 10.5. The Balaban J connectivity index is 1.76. The second-order valence-corrected chi connectivity index (χ2v) is 4.90. The number of carbonyl (C=O) groups is 1. The van der Waals surface area contributed by atoms with Gasteiger partial charge >= 0.3 is 6.09 Å². The molecule has 3 heterocycles. The van der Waals surface area contributed by atoms with E-state index in [0.717, 1.165) is 32.4 Å². The molecule has 0 aromatic rings. The average molecular weight is 242 g/mol. The smallest absolute Gasteiger partial charge is 0.410 e. The topological polar surface area (TPSA) is 53.0 Å². The third-order valence-electron chi connectivity index (χ3n) is 3.62. The SMILES string of the molecule is CCCCOC(=O)N1C2CC1CN(CCO)C2. The van der Waals surface area contributed by atoms with Crippen LogP contribution in [0, 0.1) is 0 Å². The van der Waals surface area contributed by atoms with E-state index in [1.165, 1.54) is 0 Å². The van der Waals surface area contributed by atoms with Gasteiger partial charge in [0.2, 0.25) is 0 Å². The van der Waals surface area contributed by atoms with Crippen molar-refractivity contribution in [1.29, 1.82) is 0 Å². The van der Waals surface area contributed by atoms with Crippen molar-refractivity contribution in [2.24, 2.45) is 0 Å². The summed E-state index contributed by atoms with van der Waals surface area (Å²) in [5.41, 5.74) is 0. The lowest BCUT2D eigenvalue weighted by Gasteiger charge is -2.55. The molecule has 17 heavy (non-hydrogen) atoms. The lowest BCUT2D eigenvalue weighted by molar-refractivity contribution is -0.0617. The number of aliphatic hydroxyl groups excluding tert-OH is 1. The number of nitrogens with zero attached hydrogens (tertiary/aromatic N) is 2. The second kappa shape index (κ2) is 5.69. The molecule has 5 heteroatoms. The maximum Gasteiger partial charge on any atom is 0.410 e. The molecule has 98 valence electrons. The molecule has 1 N–H and O–H groups in total. The van der Waals surface area contributed by atoms with Gasteiger partial charge in [-0.15, -0.1) is 0 Å². The largest absolute Gasteiger partial charge is 0.449 e. The van der Waals surface area contributed by atoms with Crippen LogP contribution in [0.3, 0.4) is 0 Å². The first-order valence-corrected chi connectivity index (χ1v) is 6.54. The molecule has 3 saturated heterocycles. The molecule has 3 fully saturated rings. The Hall–Kier alpha value is -0.810. The highest BCUT2D eigenvalue weighted by Crippen LogP contribution is 2.32. The van der Waals surface area contributed by atoms with E-state index in [2.05, 4.69) is 11.8 Å². The number of aliphatic hydroxyl groups is 1. The number of carbonyl (C=O) groups excluding carboxylic acids is 1. The van der Waals surface area contributed by atoms with Crippen molar-refractivity contribution in [2.75, 3.05) is 32.8 Å². The number of rotatable bonds is 5. The van der Waals surface area contributed by atoms with Gasteiger partial charge in [0.15, 0.2) is 0 Å². The summed E-state index contributed by atoms with van der Waals surface area (Å²) in [7, 11) is 0. The molecule has 3 rings (SSSR count). The fourth-order valence-electron chi connectivity index (χ4n) is 2.70. The van der Waals surface area contributed by atoms with E-state index < -0.39 is 0 Å². The average Bonchev–Trinajstić information content (AvgIpc) is 2.29.